The van der Waals surface area contributed by atoms with Crippen molar-refractivity contribution in [2.45, 2.75) is 31.2 Å². The first-order valence-electron chi connectivity index (χ1n) is 9.20. The maximum atomic E-state index is 13.3. The van der Waals surface area contributed by atoms with Crippen LogP contribution in [0.3, 0.4) is 0 Å². The number of hydrogen-bond donors (Lipinski definition) is 1. The summed E-state index contributed by atoms with van der Waals surface area (Å²) >= 11 is 6.56. The third-order valence-electron chi connectivity index (χ3n) is 5.93. The number of benzene rings is 1. The molecule has 1 aromatic carbocycles. The van der Waals surface area contributed by atoms with Gasteiger partial charge in [-0.15, -0.1) is 13.2 Å². The summed E-state index contributed by atoms with van der Waals surface area (Å²) in [4.78, 5) is 14.7. The number of fused-ring (bicyclic) bond motifs is 1. The van der Waals surface area contributed by atoms with Crippen molar-refractivity contribution in [2.75, 3.05) is 7.05 Å². The van der Waals surface area contributed by atoms with E-state index in [1.165, 1.54) is 29.2 Å². The van der Waals surface area contributed by atoms with E-state index in [0.717, 1.165) is 12.0 Å². The van der Waals surface area contributed by atoms with E-state index in [2.05, 4.69) is 22.7 Å². The molecule has 4 rings (SSSR count). The topological polar surface area (TPSA) is 41.6 Å². The maximum absolute atomic E-state index is 13.3. The van der Waals surface area contributed by atoms with Crippen LogP contribution in [0, 0.1) is 11.8 Å². The lowest BCUT2D eigenvalue weighted by atomic mass is 9.70. The highest BCUT2D eigenvalue weighted by atomic mass is 35.5. The van der Waals surface area contributed by atoms with Gasteiger partial charge in [-0.05, 0) is 54.5 Å². The summed E-state index contributed by atoms with van der Waals surface area (Å²) in [6.07, 6.45) is 0.121. The number of ether oxygens (including phenoxy) is 1. The molecule has 0 aromatic heterocycles. The molecule has 1 aliphatic heterocycles. The number of nitrogens with one attached hydrogen (secondary N) is 1. The summed E-state index contributed by atoms with van der Waals surface area (Å²) in [5, 5.41) is 3.94. The zero-order chi connectivity index (χ0) is 21.1. The summed E-state index contributed by atoms with van der Waals surface area (Å²) < 4.78 is 41.4. The Balaban J connectivity index is 1.77. The van der Waals surface area contributed by atoms with Gasteiger partial charge in [0.1, 0.15) is 11.6 Å². The van der Waals surface area contributed by atoms with E-state index in [1.807, 2.05) is 13.0 Å². The summed E-state index contributed by atoms with van der Waals surface area (Å²) in [7, 11) is 1.61. The molecule has 2 aliphatic carbocycles. The number of rotatable bonds is 3. The largest absolute Gasteiger partial charge is 0.573 e. The van der Waals surface area contributed by atoms with Crippen molar-refractivity contribution in [1.82, 2.24) is 10.2 Å². The van der Waals surface area contributed by atoms with Crippen LogP contribution in [0.5, 0.6) is 5.75 Å². The SMILES string of the molecule is C=C1NC(C)(C2=C(Cl)C=CC3CC23)C(c2ccc(OC(F)(F)F)cc2)C(=O)N1C. The van der Waals surface area contributed by atoms with Crippen LogP contribution in [0.2, 0.25) is 0 Å². The van der Waals surface area contributed by atoms with Crippen LogP contribution in [-0.4, -0.2) is 29.8 Å². The van der Waals surface area contributed by atoms with Crippen LogP contribution in [-0.2, 0) is 4.79 Å². The van der Waals surface area contributed by atoms with Crippen LogP contribution in [0.4, 0.5) is 13.2 Å². The second-order valence-electron chi connectivity index (χ2n) is 7.85. The van der Waals surface area contributed by atoms with E-state index < -0.39 is 17.8 Å². The molecule has 2 fully saturated rings. The van der Waals surface area contributed by atoms with Gasteiger partial charge in [-0.1, -0.05) is 36.4 Å². The molecule has 4 unspecified atom stereocenters. The molecule has 3 aliphatic rings. The lowest BCUT2D eigenvalue weighted by Gasteiger charge is -2.48. The Bertz CT molecular complexity index is 938. The minimum atomic E-state index is -4.77. The Morgan fingerprint density at radius 2 is 1.97 bits per heavy atom. The lowest BCUT2D eigenvalue weighted by Crippen LogP contribution is -2.61. The molecular weight excluding hydrogens is 405 g/mol. The average molecular weight is 425 g/mol. The van der Waals surface area contributed by atoms with Gasteiger partial charge in [0.05, 0.1) is 11.5 Å². The molecule has 1 heterocycles. The zero-order valence-electron chi connectivity index (χ0n) is 15.9. The predicted molar refractivity (Wildman–Crippen MR) is 103 cm³/mol. The minimum absolute atomic E-state index is 0.204. The molecule has 1 aromatic rings. The first kappa shape index (κ1) is 19.9. The highest BCUT2D eigenvalue weighted by molar-refractivity contribution is 6.32. The number of allylic oxidation sites excluding steroid dienone is 3. The number of nitrogens with zero attached hydrogens (tertiary/aromatic N) is 1. The van der Waals surface area contributed by atoms with Crippen molar-refractivity contribution < 1.29 is 22.7 Å². The van der Waals surface area contributed by atoms with E-state index in [-0.39, 0.29) is 17.6 Å². The van der Waals surface area contributed by atoms with Gasteiger partial charge in [0, 0.05) is 12.1 Å². The fraction of sp³-hybridized carbons (Fsp3) is 0.381. The van der Waals surface area contributed by atoms with Gasteiger partial charge in [0.2, 0.25) is 5.91 Å². The van der Waals surface area contributed by atoms with E-state index in [1.54, 1.807) is 7.05 Å². The van der Waals surface area contributed by atoms with E-state index >= 15 is 0 Å². The van der Waals surface area contributed by atoms with Gasteiger partial charge in [-0.2, -0.15) is 0 Å². The van der Waals surface area contributed by atoms with Crippen molar-refractivity contribution in [2.24, 2.45) is 11.8 Å². The van der Waals surface area contributed by atoms with Gasteiger partial charge >= 0.3 is 6.36 Å². The molecule has 0 radical (unpaired) electrons. The fourth-order valence-corrected chi connectivity index (χ4v) is 4.87. The Morgan fingerprint density at radius 1 is 1.31 bits per heavy atom. The molecule has 1 saturated carbocycles. The summed E-state index contributed by atoms with van der Waals surface area (Å²) in [5.41, 5.74) is 0.659. The zero-order valence-corrected chi connectivity index (χ0v) is 16.6. The Kier molecular flexibility index (Phi) is 4.49. The Labute approximate surface area is 171 Å². The number of amides is 1. The number of halogens is 4. The van der Waals surface area contributed by atoms with E-state index in [0.29, 0.717) is 22.3 Å². The van der Waals surface area contributed by atoms with Crippen molar-refractivity contribution in [3.63, 3.8) is 0 Å². The smallest absolute Gasteiger partial charge is 0.406 e. The van der Waals surface area contributed by atoms with Crippen molar-refractivity contribution >= 4 is 17.5 Å². The molecule has 8 heteroatoms. The van der Waals surface area contributed by atoms with Gasteiger partial charge in [-0.25, -0.2) is 0 Å². The fourth-order valence-electron chi connectivity index (χ4n) is 4.46. The summed E-state index contributed by atoms with van der Waals surface area (Å²) in [6, 6.07) is 5.42. The number of alkyl halides is 3. The summed E-state index contributed by atoms with van der Waals surface area (Å²) in [6.45, 7) is 5.85. The average Bonchev–Trinajstić information content (AvgIpc) is 3.39. The molecule has 4 nitrogen and oxygen atoms in total. The van der Waals surface area contributed by atoms with E-state index in [9.17, 15) is 18.0 Å². The van der Waals surface area contributed by atoms with Gasteiger partial charge in [0.15, 0.2) is 0 Å². The Morgan fingerprint density at radius 3 is 2.59 bits per heavy atom. The number of carbonyl (C=O) groups is 1. The van der Waals surface area contributed by atoms with Crippen LogP contribution < -0.4 is 10.1 Å². The highest BCUT2D eigenvalue weighted by Gasteiger charge is 2.55. The molecule has 29 heavy (non-hydrogen) atoms. The molecule has 1 amide bonds. The van der Waals surface area contributed by atoms with Gasteiger partial charge in [0.25, 0.3) is 0 Å². The first-order valence-corrected chi connectivity index (χ1v) is 9.58. The second-order valence-corrected chi connectivity index (χ2v) is 8.26. The first-order chi connectivity index (χ1) is 13.5. The maximum Gasteiger partial charge on any atom is 0.573 e. The van der Waals surface area contributed by atoms with Gasteiger partial charge < -0.3 is 15.0 Å². The quantitative estimate of drug-likeness (QED) is 0.767. The molecule has 1 N–H and O–H groups in total. The third kappa shape index (κ3) is 3.41. The van der Waals surface area contributed by atoms with E-state index in [4.69, 9.17) is 11.6 Å². The van der Waals surface area contributed by atoms with Crippen molar-refractivity contribution in [1.29, 1.82) is 0 Å². The monoisotopic (exact) mass is 424 g/mol. The Hall–Kier alpha value is -2.41. The predicted octanol–water partition coefficient (Wildman–Crippen LogP) is 4.66. The summed E-state index contributed by atoms with van der Waals surface area (Å²) in [5.74, 6) is -0.132. The lowest BCUT2D eigenvalue weighted by molar-refractivity contribution is -0.274. The van der Waals surface area contributed by atoms with Crippen LogP contribution >= 0.6 is 11.6 Å². The van der Waals surface area contributed by atoms with Gasteiger partial charge in [-0.3, -0.25) is 4.79 Å². The number of likely N-dealkylation sites (N-methyl/N-ethyl adjacent to an activating group) is 1. The number of hydrogen-bond acceptors (Lipinski definition) is 3. The molecular formula is C21H20ClF3N2O2. The second kappa shape index (κ2) is 6.55. The number of carbonyl (C=O) groups excluding carboxylic acids is 1. The third-order valence-corrected chi connectivity index (χ3v) is 6.26. The van der Waals surface area contributed by atoms with Crippen LogP contribution in [0.15, 0.2) is 59.4 Å². The molecule has 4 atom stereocenters. The van der Waals surface area contributed by atoms with Crippen LogP contribution in [0.1, 0.15) is 24.8 Å². The molecule has 0 bridgehead atoms. The van der Waals surface area contributed by atoms with Crippen LogP contribution in [0.25, 0.3) is 0 Å². The molecule has 0 spiro atoms. The minimum Gasteiger partial charge on any atom is -0.406 e. The van der Waals surface area contributed by atoms with Crippen molar-refractivity contribution in [3.8, 4) is 5.75 Å². The normalized spacial score (nSPS) is 31.5. The highest BCUT2D eigenvalue weighted by Crippen LogP contribution is 2.56. The standard InChI is InChI=1S/C21H20ClF3N2O2/c1-11-26-20(2,18-15-10-13(15)6-9-16(18)22)17(19(28)27(11)3)12-4-7-14(8-5-12)29-21(23,24)25/h4-9,13,15,17,26H,1,10H2,2-3H3. The molecule has 154 valence electrons. The van der Waals surface area contributed by atoms with Crippen molar-refractivity contribution in [3.05, 3.63) is 65.0 Å². The molecule has 1 saturated heterocycles.